The average molecular weight is 242 g/mol. The van der Waals surface area contributed by atoms with Crippen molar-refractivity contribution in [3.8, 4) is 5.75 Å². The van der Waals surface area contributed by atoms with Crippen molar-refractivity contribution in [1.29, 1.82) is 0 Å². The van der Waals surface area contributed by atoms with Gasteiger partial charge in [0.1, 0.15) is 18.5 Å². The van der Waals surface area contributed by atoms with E-state index in [0.717, 1.165) is 6.61 Å². The molecule has 16 heavy (non-hydrogen) atoms. The Morgan fingerprint density at radius 3 is 3.00 bits per heavy atom. The maximum absolute atomic E-state index is 10.9. The van der Waals surface area contributed by atoms with Crippen LogP contribution in [0.3, 0.4) is 0 Å². The van der Waals surface area contributed by atoms with E-state index in [1.807, 2.05) is 0 Å². The molecule has 1 fully saturated rings. The van der Waals surface area contributed by atoms with Crippen molar-refractivity contribution in [1.82, 2.24) is 0 Å². The summed E-state index contributed by atoms with van der Waals surface area (Å²) in [7, 11) is 0. The molecule has 1 heterocycles. The van der Waals surface area contributed by atoms with Crippen LogP contribution in [0.25, 0.3) is 0 Å². The largest absolute Gasteiger partial charge is 0.491 e. The molecule has 86 valence electrons. The Morgan fingerprint density at radius 2 is 2.44 bits per heavy atom. The van der Waals surface area contributed by atoms with Crippen LogP contribution in [0.15, 0.2) is 18.2 Å². The molecule has 0 saturated carbocycles. The number of carbonyl (C=O) groups excluding carboxylic acids is 1. The number of hydrogen-bond donors (Lipinski definition) is 1. The molecule has 1 saturated heterocycles. The van der Waals surface area contributed by atoms with Gasteiger partial charge in [0, 0.05) is 13.0 Å². The Hall–Kier alpha value is -1.26. The number of halogens is 1. The topological polar surface area (TPSA) is 50.9 Å². The van der Waals surface area contributed by atoms with Crippen LogP contribution in [-0.2, 0) is 9.53 Å². The van der Waals surface area contributed by atoms with Gasteiger partial charge in [0.2, 0.25) is 5.91 Å². The van der Waals surface area contributed by atoms with Gasteiger partial charge in [-0.3, -0.25) is 4.79 Å². The Morgan fingerprint density at radius 1 is 1.69 bits per heavy atom. The number of carbonyl (C=O) groups is 1. The summed E-state index contributed by atoms with van der Waals surface area (Å²) in [5, 5.41) is 3.09. The Labute approximate surface area is 98.5 Å². The third-order valence-corrected chi connectivity index (χ3v) is 2.40. The Bertz CT molecular complexity index is 404. The highest BCUT2D eigenvalue weighted by molar-refractivity contribution is 6.33. The normalized spacial score (nSPS) is 18.0. The number of ether oxygens (including phenoxy) is 2. The fraction of sp³-hybridized carbons (Fsp3) is 0.364. The molecular weight excluding hydrogens is 230 g/mol. The van der Waals surface area contributed by atoms with Gasteiger partial charge in [-0.15, -0.1) is 0 Å². The fourth-order valence-electron chi connectivity index (χ4n) is 1.23. The lowest BCUT2D eigenvalue weighted by molar-refractivity contribution is -0.114. The molecule has 0 aliphatic carbocycles. The summed E-state index contributed by atoms with van der Waals surface area (Å²) in [6, 6.07) is 5.15. The third-order valence-electron chi connectivity index (χ3n) is 2.09. The molecule has 1 N–H and O–H groups in total. The van der Waals surface area contributed by atoms with Crippen LogP contribution >= 0.6 is 11.6 Å². The van der Waals surface area contributed by atoms with Crippen LogP contribution in [0, 0.1) is 0 Å². The zero-order valence-corrected chi connectivity index (χ0v) is 9.58. The molecule has 0 bridgehead atoms. The van der Waals surface area contributed by atoms with E-state index in [4.69, 9.17) is 21.1 Å². The molecule has 1 amide bonds. The van der Waals surface area contributed by atoms with Crippen molar-refractivity contribution in [3.05, 3.63) is 23.2 Å². The number of amides is 1. The van der Waals surface area contributed by atoms with Crippen molar-refractivity contribution in [2.24, 2.45) is 0 Å². The average Bonchev–Trinajstić information content (AvgIpc) is 3.02. The molecule has 0 aromatic heterocycles. The van der Waals surface area contributed by atoms with E-state index in [2.05, 4.69) is 5.32 Å². The zero-order valence-electron chi connectivity index (χ0n) is 8.83. The number of nitrogens with one attached hydrogen (secondary N) is 1. The van der Waals surface area contributed by atoms with Crippen LogP contribution in [0.4, 0.5) is 5.69 Å². The molecule has 1 unspecified atom stereocenters. The third kappa shape index (κ3) is 3.12. The molecule has 0 radical (unpaired) electrons. The minimum Gasteiger partial charge on any atom is -0.491 e. The molecule has 2 rings (SSSR count). The molecule has 1 aliphatic heterocycles. The summed E-state index contributed by atoms with van der Waals surface area (Å²) in [4.78, 5) is 10.9. The lowest BCUT2D eigenvalue weighted by atomic mass is 10.3. The predicted octanol–water partition coefficient (Wildman–Crippen LogP) is 2.08. The number of epoxide rings is 1. The first-order valence-corrected chi connectivity index (χ1v) is 5.34. The first kappa shape index (κ1) is 11.2. The molecular formula is C11H12ClNO3. The number of hydrogen-bond acceptors (Lipinski definition) is 3. The quantitative estimate of drug-likeness (QED) is 0.821. The van der Waals surface area contributed by atoms with E-state index in [0.29, 0.717) is 23.1 Å². The van der Waals surface area contributed by atoms with Gasteiger partial charge in [-0.2, -0.15) is 0 Å². The molecule has 1 atom stereocenters. The summed E-state index contributed by atoms with van der Waals surface area (Å²) in [6.07, 6.45) is 0.216. The van der Waals surface area contributed by atoms with E-state index in [9.17, 15) is 4.79 Å². The van der Waals surface area contributed by atoms with Crippen molar-refractivity contribution in [2.45, 2.75) is 13.0 Å². The summed E-state index contributed by atoms with van der Waals surface area (Å²) in [6.45, 7) is 2.73. The van der Waals surface area contributed by atoms with E-state index in [1.165, 1.54) is 6.92 Å². The SMILES string of the molecule is CC(=O)Nc1ccc(OCC2CO2)cc1Cl. The first-order chi connectivity index (χ1) is 7.65. The summed E-state index contributed by atoms with van der Waals surface area (Å²) < 4.78 is 10.5. The van der Waals surface area contributed by atoms with Crippen LogP contribution in [0.1, 0.15) is 6.92 Å². The molecule has 1 aliphatic rings. The number of anilines is 1. The highest BCUT2D eigenvalue weighted by Gasteiger charge is 2.23. The van der Waals surface area contributed by atoms with Gasteiger partial charge in [-0.05, 0) is 12.1 Å². The Kier molecular flexibility index (Phi) is 3.31. The van der Waals surface area contributed by atoms with Crippen LogP contribution in [0.5, 0.6) is 5.75 Å². The molecule has 1 aromatic carbocycles. The van der Waals surface area contributed by atoms with Gasteiger partial charge < -0.3 is 14.8 Å². The molecule has 5 heteroatoms. The van der Waals surface area contributed by atoms with Gasteiger partial charge in [0.25, 0.3) is 0 Å². The monoisotopic (exact) mass is 241 g/mol. The van der Waals surface area contributed by atoms with Crippen molar-refractivity contribution >= 4 is 23.2 Å². The number of benzene rings is 1. The van der Waals surface area contributed by atoms with Gasteiger partial charge in [-0.25, -0.2) is 0 Å². The van der Waals surface area contributed by atoms with Crippen molar-refractivity contribution < 1.29 is 14.3 Å². The van der Waals surface area contributed by atoms with Crippen molar-refractivity contribution in [2.75, 3.05) is 18.5 Å². The lowest BCUT2D eigenvalue weighted by Crippen LogP contribution is -2.07. The minimum absolute atomic E-state index is 0.151. The minimum atomic E-state index is -0.151. The van der Waals surface area contributed by atoms with Crippen LogP contribution in [0.2, 0.25) is 5.02 Å². The van der Waals surface area contributed by atoms with Crippen LogP contribution < -0.4 is 10.1 Å². The molecule has 1 aromatic rings. The fourth-order valence-corrected chi connectivity index (χ4v) is 1.45. The van der Waals surface area contributed by atoms with Crippen LogP contribution in [-0.4, -0.2) is 25.2 Å². The number of rotatable bonds is 4. The molecule has 4 nitrogen and oxygen atoms in total. The lowest BCUT2D eigenvalue weighted by Gasteiger charge is -2.08. The van der Waals surface area contributed by atoms with Gasteiger partial charge in [0.15, 0.2) is 0 Å². The van der Waals surface area contributed by atoms with Gasteiger partial charge in [-0.1, -0.05) is 11.6 Å². The second-order valence-electron chi connectivity index (χ2n) is 3.59. The van der Waals surface area contributed by atoms with E-state index in [1.54, 1.807) is 18.2 Å². The van der Waals surface area contributed by atoms with E-state index >= 15 is 0 Å². The highest BCUT2D eigenvalue weighted by Crippen LogP contribution is 2.27. The second-order valence-corrected chi connectivity index (χ2v) is 4.00. The summed E-state index contributed by atoms with van der Waals surface area (Å²) >= 11 is 5.98. The second kappa shape index (κ2) is 4.72. The predicted molar refractivity (Wildman–Crippen MR) is 61.0 cm³/mol. The smallest absolute Gasteiger partial charge is 0.221 e. The maximum atomic E-state index is 10.9. The summed E-state index contributed by atoms with van der Waals surface area (Å²) in [5.41, 5.74) is 0.587. The maximum Gasteiger partial charge on any atom is 0.221 e. The Balaban J connectivity index is 1.99. The standard InChI is InChI=1S/C11H12ClNO3/c1-7(14)13-11-3-2-8(4-10(11)12)15-5-9-6-16-9/h2-4,9H,5-6H2,1H3,(H,13,14). The van der Waals surface area contributed by atoms with Gasteiger partial charge in [0.05, 0.1) is 17.3 Å². The zero-order chi connectivity index (χ0) is 11.5. The van der Waals surface area contributed by atoms with E-state index < -0.39 is 0 Å². The molecule has 0 spiro atoms. The first-order valence-electron chi connectivity index (χ1n) is 4.96. The van der Waals surface area contributed by atoms with Crippen molar-refractivity contribution in [3.63, 3.8) is 0 Å². The summed E-state index contributed by atoms with van der Waals surface area (Å²) in [5.74, 6) is 0.525. The van der Waals surface area contributed by atoms with Gasteiger partial charge >= 0.3 is 0 Å². The van der Waals surface area contributed by atoms with E-state index in [-0.39, 0.29) is 12.0 Å². The highest BCUT2D eigenvalue weighted by atomic mass is 35.5.